The number of nitrogens with two attached hydrogens (primary N) is 1. The summed E-state index contributed by atoms with van der Waals surface area (Å²) >= 11 is 0. The van der Waals surface area contributed by atoms with Gasteiger partial charge in [-0.3, -0.25) is 4.79 Å². The number of rotatable bonds is 4. The summed E-state index contributed by atoms with van der Waals surface area (Å²) < 4.78 is 5.02. The number of fused-ring (bicyclic) bond motifs is 1. The first-order valence-corrected chi connectivity index (χ1v) is 9.15. The van der Waals surface area contributed by atoms with Crippen LogP contribution < -0.4 is 11.1 Å². The monoisotopic (exact) mass is 390 g/mol. The van der Waals surface area contributed by atoms with Crippen molar-refractivity contribution in [2.75, 3.05) is 12.8 Å². The summed E-state index contributed by atoms with van der Waals surface area (Å²) in [6, 6.07) is 11.3. The lowest BCUT2D eigenvalue weighted by Crippen LogP contribution is -2.58. The van der Waals surface area contributed by atoms with Crippen LogP contribution in [0, 0.1) is 5.92 Å². The molecule has 0 radical (unpaired) electrons. The van der Waals surface area contributed by atoms with E-state index in [0.29, 0.717) is 11.3 Å². The molecule has 3 rings (SSSR count). The van der Waals surface area contributed by atoms with Crippen LogP contribution in [0.15, 0.2) is 36.4 Å². The Labute approximate surface area is 166 Å². The predicted molar refractivity (Wildman–Crippen MR) is 110 cm³/mol. The maximum Gasteiger partial charge on any atom is 0.331 e. The van der Waals surface area contributed by atoms with E-state index in [0.717, 1.165) is 36.5 Å². The highest BCUT2D eigenvalue weighted by Gasteiger charge is 2.44. The second-order valence-corrected chi connectivity index (χ2v) is 7.27. The maximum atomic E-state index is 13.0. The lowest BCUT2D eigenvalue weighted by molar-refractivity contribution is -0.150. The highest BCUT2D eigenvalue weighted by Crippen LogP contribution is 2.34. The average Bonchev–Trinajstić information content (AvgIpc) is 2.67. The van der Waals surface area contributed by atoms with E-state index in [1.807, 2.05) is 24.3 Å². The van der Waals surface area contributed by atoms with Crippen LogP contribution in [-0.2, 0) is 9.53 Å². The number of hydrogen-bond donors (Lipinski definition) is 2. The molecule has 0 bridgehead atoms. The predicted octanol–water partition coefficient (Wildman–Crippen LogP) is 4.09. The molecule has 0 heterocycles. The third-order valence-electron chi connectivity index (χ3n) is 5.57. The minimum atomic E-state index is -1.05. The van der Waals surface area contributed by atoms with Crippen molar-refractivity contribution < 1.29 is 14.3 Å². The van der Waals surface area contributed by atoms with Crippen molar-refractivity contribution in [2.24, 2.45) is 5.92 Å². The molecule has 1 fully saturated rings. The van der Waals surface area contributed by atoms with Gasteiger partial charge in [-0.1, -0.05) is 43.5 Å². The number of esters is 1. The topological polar surface area (TPSA) is 81.4 Å². The van der Waals surface area contributed by atoms with Gasteiger partial charge in [0, 0.05) is 5.69 Å². The van der Waals surface area contributed by atoms with Crippen LogP contribution in [0.5, 0.6) is 0 Å². The summed E-state index contributed by atoms with van der Waals surface area (Å²) in [6.07, 6.45) is 5.09. The van der Waals surface area contributed by atoms with E-state index in [1.54, 1.807) is 19.1 Å². The fraction of sp³-hybridized carbons (Fsp3) is 0.429. The van der Waals surface area contributed by atoms with Crippen molar-refractivity contribution in [1.82, 2.24) is 5.32 Å². The minimum absolute atomic E-state index is 0. The zero-order valence-corrected chi connectivity index (χ0v) is 16.6. The SMILES string of the molecule is COC(=O)[C@](C)(NC(=O)c1cc2ccccc2cc1N)C1CCCCC1.Cl. The van der Waals surface area contributed by atoms with Crippen molar-refractivity contribution in [3.8, 4) is 0 Å². The zero-order valence-electron chi connectivity index (χ0n) is 15.8. The van der Waals surface area contributed by atoms with Crippen molar-refractivity contribution in [3.63, 3.8) is 0 Å². The molecule has 1 saturated carbocycles. The van der Waals surface area contributed by atoms with E-state index in [1.165, 1.54) is 13.5 Å². The second kappa shape index (κ2) is 8.61. The van der Waals surface area contributed by atoms with Crippen LogP contribution >= 0.6 is 12.4 Å². The Hall–Kier alpha value is -2.27. The molecule has 1 amide bonds. The van der Waals surface area contributed by atoms with Gasteiger partial charge in [0.2, 0.25) is 0 Å². The molecule has 1 aliphatic rings. The number of amides is 1. The molecule has 0 unspecified atom stereocenters. The molecule has 27 heavy (non-hydrogen) atoms. The van der Waals surface area contributed by atoms with E-state index in [4.69, 9.17) is 10.5 Å². The largest absolute Gasteiger partial charge is 0.467 e. The Balaban J connectivity index is 0.00000261. The van der Waals surface area contributed by atoms with Crippen LogP contribution in [0.4, 0.5) is 5.69 Å². The van der Waals surface area contributed by atoms with Crippen molar-refractivity contribution in [1.29, 1.82) is 0 Å². The highest BCUT2D eigenvalue weighted by atomic mass is 35.5. The maximum absolute atomic E-state index is 13.0. The summed E-state index contributed by atoms with van der Waals surface area (Å²) in [7, 11) is 1.36. The summed E-state index contributed by atoms with van der Waals surface area (Å²) in [5.74, 6) is -0.682. The molecule has 6 heteroatoms. The molecule has 2 aromatic rings. The molecule has 3 N–H and O–H groups in total. The van der Waals surface area contributed by atoms with Gasteiger partial charge in [0.25, 0.3) is 5.91 Å². The Morgan fingerprint density at radius 3 is 2.30 bits per heavy atom. The van der Waals surface area contributed by atoms with E-state index in [9.17, 15) is 9.59 Å². The number of carbonyl (C=O) groups excluding carboxylic acids is 2. The first-order chi connectivity index (χ1) is 12.5. The molecule has 5 nitrogen and oxygen atoms in total. The Morgan fingerprint density at radius 2 is 1.70 bits per heavy atom. The Morgan fingerprint density at radius 1 is 1.11 bits per heavy atom. The van der Waals surface area contributed by atoms with Gasteiger partial charge in [-0.25, -0.2) is 4.79 Å². The number of halogens is 1. The van der Waals surface area contributed by atoms with Crippen LogP contribution in [0.25, 0.3) is 10.8 Å². The van der Waals surface area contributed by atoms with E-state index >= 15 is 0 Å². The molecule has 2 aromatic carbocycles. The van der Waals surface area contributed by atoms with Gasteiger partial charge in [-0.15, -0.1) is 12.4 Å². The number of anilines is 1. The van der Waals surface area contributed by atoms with Gasteiger partial charge >= 0.3 is 5.97 Å². The Kier molecular flexibility index (Phi) is 6.71. The van der Waals surface area contributed by atoms with E-state index in [-0.39, 0.29) is 24.2 Å². The van der Waals surface area contributed by atoms with Gasteiger partial charge in [-0.05, 0) is 48.6 Å². The van der Waals surface area contributed by atoms with E-state index < -0.39 is 11.5 Å². The van der Waals surface area contributed by atoms with Gasteiger partial charge in [-0.2, -0.15) is 0 Å². The summed E-state index contributed by atoms with van der Waals surface area (Å²) in [5, 5.41) is 4.85. The normalized spacial score (nSPS) is 16.8. The van der Waals surface area contributed by atoms with Gasteiger partial charge < -0.3 is 15.8 Å². The summed E-state index contributed by atoms with van der Waals surface area (Å²) in [4.78, 5) is 25.5. The van der Waals surface area contributed by atoms with Crippen molar-refractivity contribution >= 4 is 40.7 Å². The molecular formula is C21H27ClN2O3. The van der Waals surface area contributed by atoms with E-state index in [2.05, 4.69) is 5.32 Å². The number of carbonyl (C=O) groups is 2. The van der Waals surface area contributed by atoms with Crippen LogP contribution in [-0.4, -0.2) is 24.5 Å². The molecule has 146 valence electrons. The fourth-order valence-corrected chi connectivity index (χ4v) is 3.97. The molecular weight excluding hydrogens is 364 g/mol. The summed E-state index contributed by atoms with van der Waals surface area (Å²) in [6.45, 7) is 1.77. The highest BCUT2D eigenvalue weighted by molar-refractivity contribution is 6.05. The van der Waals surface area contributed by atoms with Gasteiger partial charge in [0.15, 0.2) is 0 Å². The number of nitrogens with one attached hydrogen (secondary N) is 1. The number of ether oxygens (including phenoxy) is 1. The number of benzene rings is 2. The number of hydrogen-bond acceptors (Lipinski definition) is 4. The third-order valence-corrected chi connectivity index (χ3v) is 5.57. The molecule has 0 saturated heterocycles. The van der Waals surface area contributed by atoms with Crippen molar-refractivity contribution in [3.05, 3.63) is 42.0 Å². The standard InChI is InChI=1S/C21H26N2O3.ClH/c1-21(20(25)26-2,16-10-4-3-5-11-16)23-19(24)17-12-14-8-6-7-9-15(14)13-18(17)22;/h6-9,12-13,16H,3-5,10-11,22H2,1-2H3,(H,23,24);1H/t21-;/m1./s1. The molecule has 1 aliphatic carbocycles. The number of nitrogen functional groups attached to an aromatic ring is 1. The van der Waals surface area contributed by atoms with Crippen molar-refractivity contribution in [2.45, 2.75) is 44.6 Å². The quantitative estimate of drug-likeness (QED) is 0.608. The lowest BCUT2D eigenvalue weighted by Gasteiger charge is -2.38. The molecule has 0 aliphatic heterocycles. The van der Waals surface area contributed by atoms with Crippen LogP contribution in [0.3, 0.4) is 0 Å². The molecule has 0 aromatic heterocycles. The molecule has 0 spiro atoms. The second-order valence-electron chi connectivity index (χ2n) is 7.27. The fourth-order valence-electron chi connectivity index (χ4n) is 3.97. The van der Waals surface area contributed by atoms with Crippen LogP contribution in [0.2, 0.25) is 0 Å². The zero-order chi connectivity index (χ0) is 18.7. The first-order valence-electron chi connectivity index (χ1n) is 9.15. The minimum Gasteiger partial charge on any atom is -0.467 e. The lowest BCUT2D eigenvalue weighted by atomic mass is 9.75. The van der Waals surface area contributed by atoms with Gasteiger partial charge in [0.05, 0.1) is 12.7 Å². The van der Waals surface area contributed by atoms with Crippen LogP contribution in [0.1, 0.15) is 49.4 Å². The Bertz CT molecular complexity index is 833. The first kappa shape index (κ1) is 21.0. The summed E-state index contributed by atoms with van der Waals surface area (Å²) in [5.41, 5.74) is 5.85. The average molecular weight is 391 g/mol. The molecule has 1 atom stereocenters. The van der Waals surface area contributed by atoms with Gasteiger partial charge in [0.1, 0.15) is 5.54 Å². The number of methoxy groups -OCH3 is 1. The smallest absolute Gasteiger partial charge is 0.331 e. The third kappa shape index (κ3) is 4.19.